The van der Waals surface area contributed by atoms with E-state index in [1.54, 1.807) is 24.7 Å². The van der Waals surface area contributed by atoms with Crippen LogP contribution in [0.15, 0.2) is 60.8 Å². The van der Waals surface area contributed by atoms with Crippen molar-refractivity contribution in [3.05, 3.63) is 77.6 Å². The highest BCUT2D eigenvalue weighted by atomic mass is 15.0. The van der Waals surface area contributed by atoms with Crippen molar-refractivity contribution < 1.29 is 0 Å². The molecular weight excluding hydrogens is 374 g/mol. The normalized spacial score (nSPS) is 13.8. The highest BCUT2D eigenvalue weighted by molar-refractivity contribution is 6.06. The number of pyridine rings is 2. The minimum atomic E-state index is -0.492. The van der Waals surface area contributed by atoms with Crippen molar-refractivity contribution in [3.8, 4) is 11.3 Å². The van der Waals surface area contributed by atoms with E-state index in [0.717, 1.165) is 28.1 Å². The number of nitrogens with two attached hydrogens (primary N) is 2. The number of rotatable bonds is 6. The van der Waals surface area contributed by atoms with Crippen molar-refractivity contribution in [1.82, 2.24) is 19.9 Å². The topological polar surface area (TPSA) is 127 Å². The Labute approximate surface area is 176 Å². The van der Waals surface area contributed by atoms with E-state index >= 15 is 0 Å². The lowest BCUT2D eigenvalue weighted by atomic mass is 9.71. The summed E-state index contributed by atoms with van der Waals surface area (Å²) in [5.74, 6) is 0.414. The van der Waals surface area contributed by atoms with Gasteiger partial charge in [-0.15, -0.1) is 0 Å². The smallest absolute Gasteiger partial charge is 0.219 e. The fourth-order valence-corrected chi connectivity index (χ4v) is 3.19. The molecule has 3 heterocycles. The Morgan fingerprint density at radius 2 is 1.70 bits per heavy atom. The maximum absolute atomic E-state index is 8.44. The Bertz CT molecular complexity index is 1050. The number of hydrogen-bond acceptors (Lipinski definition) is 7. The van der Waals surface area contributed by atoms with Crippen molar-refractivity contribution in [1.29, 1.82) is 5.41 Å². The fourth-order valence-electron chi connectivity index (χ4n) is 3.19. The second kappa shape index (κ2) is 8.41. The highest BCUT2D eigenvalue weighted by Gasteiger charge is 2.34. The van der Waals surface area contributed by atoms with Gasteiger partial charge in [0, 0.05) is 52.7 Å². The molecule has 3 rings (SSSR count). The number of hydrogen-bond donors (Lipinski definition) is 3. The van der Waals surface area contributed by atoms with Crippen LogP contribution < -0.4 is 11.5 Å². The lowest BCUT2D eigenvalue weighted by Gasteiger charge is -2.35. The number of nitrogen functional groups attached to an aromatic ring is 1. The summed E-state index contributed by atoms with van der Waals surface area (Å²) in [6.45, 7) is 8.22. The predicted molar refractivity (Wildman–Crippen MR) is 120 cm³/mol. The molecule has 154 valence electrons. The summed E-state index contributed by atoms with van der Waals surface area (Å²) in [6, 6.07) is 7.70. The zero-order valence-corrected chi connectivity index (χ0v) is 17.7. The molecule has 7 nitrogen and oxygen atoms in total. The van der Waals surface area contributed by atoms with Gasteiger partial charge in [0.05, 0.1) is 11.4 Å². The molecule has 0 spiro atoms. The van der Waals surface area contributed by atoms with Gasteiger partial charge in [0.2, 0.25) is 5.95 Å². The summed E-state index contributed by atoms with van der Waals surface area (Å²) in [5.41, 5.74) is 16.7. The Morgan fingerprint density at radius 1 is 1.00 bits per heavy atom. The molecule has 30 heavy (non-hydrogen) atoms. The molecule has 5 N–H and O–H groups in total. The molecule has 0 amide bonds. The highest BCUT2D eigenvalue weighted by Crippen LogP contribution is 2.37. The van der Waals surface area contributed by atoms with Gasteiger partial charge in [0.25, 0.3) is 0 Å². The van der Waals surface area contributed by atoms with Crippen molar-refractivity contribution >= 4 is 11.7 Å². The third-order valence-electron chi connectivity index (χ3n) is 5.61. The lowest BCUT2D eigenvalue weighted by molar-refractivity contribution is 0.392. The number of nitrogens with one attached hydrogen (secondary N) is 1. The van der Waals surface area contributed by atoms with Crippen molar-refractivity contribution in [3.63, 3.8) is 0 Å². The number of aryl methyl sites for hydroxylation is 1. The maximum atomic E-state index is 8.44. The molecular formula is C23H27N7. The van der Waals surface area contributed by atoms with Gasteiger partial charge in [-0.3, -0.25) is 9.97 Å². The number of nitrogens with zero attached hydrogens (tertiary/aromatic N) is 4. The van der Waals surface area contributed by atoms with Gasteiger partial charge in [-0.2, -0.15) is 0 Å². The van der Waals surface area contributed by atoms with Crippen LogP contribution in [0, 0.1) is 18.3 Å². The van der Waals surface area contributed by atoms with E-state index in [9.17, 15) is 0 Å². The lowest BCUT2D eigenvalue weighted by Crippen LogP contribution is -2.35. The van der Waals surface area contributed by atoms with Crippen LogP contribution in [0.1, 0.15) is 37.6 Å². The maximum Gasteiger partial charge on any atom is 0.219 e. The quantitative estimate of drug-likeness (QED) is 0.541. The van der Waals surface area contributed by atoms with Crippen LogP contribution >= 0.6 is 0 Å². The van der Waals surface area contributed by atoms with Crippen molar-refractivity contribution in [2.24, 2.45) is 11.7 Å². The van der Waals surface area contributed by atoms with Gasteiger partial charge in [-0.25, -0.2) is 9.97 Å². The minimum Gasteiger partial charge on any atom is -0.401 e. The monoisotopic (exact) mass is 401 g/mol. The molecule has 0 aliphatic heterocycles. The van der Waals surface area contributed by atoms with E-state index in [4.69, 9.17) is 16.9 Å². The van der Waals surface area contributed by atoms with Crippen LogP contribution in [0.3, 0.4) is 0 Å². The van der Waals surface area contributed by atoms with E-state index in [1.165, 1.54) is 0 Å². The standard InChI is InChI=1S/C23H27N7/c1-14(2)23(4,21(25)9-19(24)16-6-5-15(3)27-10-16)18-7-8-20(28-13-18)17-11-29-22(26)30-12-17/h5-14,24H,25H2,1-4H3,(H2,26,29,30)/b21-9-,24-19?. The molecule has 0 saturated carbocycles. The van der Waals surface area contributed by atoms with E-state index < -0.39 is 5.41 Å². The van der Waals surface area contributed by atoms with Crippen LogP contribution in [0.25, 0.3) is 11.3 Å². The minimum absolute atomic E-state index is 0.185. The first-order valence-corrected chi connectivity index (χ1v) is 9.75. The molecule has 0 aromatic carbocycles. The molecule has 0 saturated heterocycles. The molecule has 0 aliphatic carbocycles. The van der Waals surface area contributed by atoms with Gasteiger partial charge in [0.1, 0.15) is 0 Å². The number of anilines is 1. The molecule has 3 aromatic rings. The van der Waals surface area contributed by atoms with Gasteiger partial charge in [-0.1, -0.05) is 19.9 Å². The van der Waals surface area contributed by atoms with E-state index in [-0.39, 0.29) is 11.9 Å². The second-order valence-electron chi connectivity index (χ2n) is 7.82. The Hall–Kier alpha value is -3.61. The third kappa shape index (κ3) is 4.20. The first kappa shape index (κ1) is 21.1. The number of allylic oxidation sites excluding steroid dienone is 2. The molecule has 0 radical (unpaired) electrons. The zero-order chi connectivity index (χ0) is 21.9. The molecule has 3 aromatic heterocycles. The van der Waals surface area contributed by atoms with Crippen LogP contribution in [-0.2, 0) is 5.41 Å². The number of aromatic nitrogens is 4. The summed E-state index contributed by atoms with van der Waals surface area (Å²) in [5, 5.41) is 8.44. The summed E-state index contributed by atoms with van der Waals surface area (Å²) in [4.78, 5) is 16.9. The van der Waals surface area contributed by atoms with Gasteiger partial charge < -0.3 is 16.9 Å². The molecule has 1 unspecified atom stereocenters. The van der Waals surface area contributed by atoms with Crippen LogP contribution in [-0.4, -0.2) is 25.6 Å². The summed E-state index contributed by atoms with van der Waals surface area (Å²) >= 11 is 0. The van der Waals surface area contributed by atoms with Crippen molar-refractivity contribution in [2.75, 3.05) is 5.73 Å². The summed E-state index contributed by atoms with van der Waals surface area (Å²) in [7, 11) is 0. The zero-order valence-electron chi connectivity index (χ0n) is 17.7. The van der Waals surface area contributed by atoms with Gasteiger partial charge >= 0.3 is 0 Å². The van der Waals surface area contributed by atoms with Gasteiger partial charge in [-0.05, 0) is 49.6 Å². The largest absolute Gasteiger partial charge is 0.401 e. The van der Waals surface area contributed by atoms with Crippen LogP contribution in [0.4, 0.5) is 5.95 Å². The molecule has 7 heteroatoms. The van der Waals surface area contributed by atoms with E-state index in [2.05, 4.69) is 40.7 Å². The average molecular weight is 402 g/mol. The Kier molecular flexibility index (Phi) is 5.91. The SMILES string of the molecule is Cc1ccc(C(=N)/C=C(\N)C(C)(c2ccc(-c3cnc(N)nc3)nc2)C(C)C)cn1. The summed E-state index contributed by atoms with van der Waals surface area (Å²) in [6.07, 6.45) is 8.53. The van der Waals surface area contributed by atoms with Gasteiger partial charge in [0.15, 0.2) is 0 Å². The predicted octanol–water partition coefficient (Wildman–Crippen LogP) is 3.65. The first-order chi connectivity index (χ1) is 14.2. The van der Waals surface area contributed by atoms with Crippen LogP contribution in [0.5, 0.6) is 0 Å². The fraction of sp³-hybridized carbons (Fsp3) is 0.261. The van der Waals surface area contributed by atoms with Crippen molar-refractivity contribution in [2.45, 2.75) is 33.1 Å². The van der Waals surface area contributed by atoms with E-state index in [0.29, 0.717) is 11.4 Å². The first-order valence-electron chi connectivity index (χ1n) is 9.75. The molecule has 0 bridgehead atoms. The molecule has 0 aliphatic rings. The van der Waals surface area contributed by atoms with E-state index in [1.807, 2.05) is 37.4 Å². The third-order valence-corrected chi connectivity index (χ3v) is 5.61. The Balaban J connectivity index is 1.93. The second-order valence-corrected chi connectivity index (χ2v) is 7.82. The Morgan fingerprint density at radius 3 is 2.23 bits per heavy atom. The summed E-state index contributed by atoms with van der Waals surface area (Å²) < 4.78 is 0. The van der Waals surface area contributed by atoms with Crippen LogP contribution in [0.2, 0.25) is 0 Å². The molecule has 1 atom stereocenters. The molecule has 0 fully saturated rings. The average Bonchev–Trinajstić information content (AvgIpc) is 2.74.